The Morgan fingerprint density at radius 3 is 1.03 bits per heavy atom. The highest BCUT2D eigenvalue weighted by Crippen LogP contribution is 2.59. The molecule has 13 aromatic carbocycles. The zero-order chi connectivity index (χ0) is 81.8. The number of carbonyl (C=O) groups is 6. The van der Waals surface area contributed by atoms with Crippen molar-refractivity contribution in [3.63, 3.8) is 0 Å². The first-order valence-corrected chi connectivity index (χ1v) is 40.8. The fourth-order valence-corrected chi connectivity index (χ4v) is 16.6. The molecule has 120 heavy (non-hydrogen) atoms. The lowest BCUT2D eigenvalue weighted by Gasteiger charge is -2.38. The molecule has 6 amide bonds. The van der Waals surface area contributed by atoms with Crippen LogP contribution in [0.3, 0.4) is 0 Å². The van der Waals surface area contributed by atoms with Crippen LogP contribution >= 0.6 is 0 Å². The van der Waals surface area contributed by atoms with E-state index in [1.807, 2.05) is 123 Å². The van der Waals surface area contributed by atoms with E-state index in [9.17, 15) is 10.2 Å². The van der Waals surface area contributed by atoms with E-state index in [1.54, 1.807) is 107 Å². The number of para-hydroxylation sites is 2. The van der Waals surface area contributed by atoms with Crippen molar-refractivity contribution in [2.24, 2.45) is 0 Å². The maximum Gasteiger partial charge on any atom is 0.262 e. The largest absolute Gasteiger partial charge is 0.508 e. The summed E-state index contributed by atoms with van der Waals surface area (Å²) in [5.74, 6) is -3.23. The van der Waals surface area contributed by atoms with Crippen LogP contribution in [-0.2, 0) is 47.8 Å². The SMILES string of the molecule is CCCN(C(=O)C(Cc1ccc(O)cc1)N1C(=O)c2cc(Oc3cccc(CCC4CO4)c3)c3c4c(Oc5cccc(NCC6CO6)c5)cc5c6c(cc(Oc7cccc(NCC8CO8)c7)c(c7c(Oc8cccc(NCC9CO9)c8)cc(c2c37)C1=O)c64)C(=O)N(C(Cc1ccc(O)cc1)C(=O)N(CCC)c1ccccc1)C5=O)c1ccccc1. The monoisotopic (exact) mass is 1600 g/mol. The highest BCUT2D eigenvalue weighted by molar-refractivity contribution is 6.45. The number of phenols is 2. The van der Waals surface area contributed by atoms with Crippen LogP contribution in [0.4, 0.5) is 28.4 Å². The fourth-order valence-electron chi connectivity index (χ4n) is 16.6. The molecule has 13 aromatic rings. The lowest BCUT2D eigenvalue weighted by molar-refractivity contribution is -0.123. The molecule has 23 heteroatoms. The summed E-state index contributed by atoms with van der Waals surface area (Å²) in [6, 6.07) is 63.6. The van der Waals surface area contributed by atoms with Crippen LogP contribution in [0.1, 0.15) is 91.2 Å². The zero-order valence-electron chi connectivity index (χ0n) is 65.9. The first-order valence-electron chi connectivity index (χ1n) is 40.8. The average Bonchev–Trinajstić information content (AvgIpc) is 1.03. The van der Waals surface area contributed by atoms with Crippen molar-refractivity contribution in [2.75, 3.05) is 84.9 Å². The second kappa shape index (κ2) is 32.4. The number of anilines is 5. The molecule has 19 rings (SSSR count). The van der Waals surface area contributed by atoms with Gasteiger partial charge in [0.05, 0.1) is 73.1 Å². The van der Waals surface area contributed by atoms with E-state index in [1.165, 1.54) is 24.3 Å². The van der Waals surface area contributed by atoms with E-state index < -0.39 is 47.5 Å². The van der Waals surface area contributed by atoms with Gasteiger partial charge in [0.2, 0.25) is 0 Å². The van der Waals surface area contributed by atoms with Gasteiger partial charge in [-0.05, 0) is 164 Å². The Kier molecular flexibility index (Phi) is 20.6. The van der Waals surface area contributed by atoms with E-state index in [-0.39, 0.29) is 167 Å². The summed E-state index contributed by atoms with van der Waals surface area (Å²) in [7, 11) is 0. The van der Waals surface area contributed by atoms with Crippen molar-refractivity contribution in [1.82, 2.24) is 9.80 Å². The molecular weight excluding hydrogens is 1520 g/mol. The second-order valence-corrected chi connectivity index (χ2v) is 31.2. The molecule has 6 aliphatic heterocycles. The van der Waals surface area contributed by atoms with Gasteiger partial charge in [0.25, 0.3) is 35.4 Å². The van der Waals surface area contributed by atoms with Crippen molar-refractivity contribution in [3.8, 4) is 57.5 Å². The molecule has 604 valence electrons. The minimum atomic E-state index is -1.54. The third-order valence-corrected chi connectivity index (χ3v) is 22.7. The van der Waals surface area contributed by atoms with Gasteiger partial charge in [-0.1, -0.05) is 105 Å². The van der Waals surface area contributed by atoms with E-state index in [4.69, 9.17) is 37.9 Å². The van der Waals surface area contributed by atoms with Gasteiger partial charge in [0.1, 0.15) is 69.6 Å². The predicted molar refractivity (Wildman–Crippen MR) is 457 cm³/mol. The number of epoxide rings is 4. The molecule has 0 radical (unpaired) electrons. The molecule has 0 aliphatic carbocycles. The third kappa shape index (κ3) is 15.5. The summed E-state index contributed by atoms with van der Waals surface area (Å²) in [5.41, 5.74) is 4.89. The fraction of sp³-hybridized carbons (Fsp3) is 0.237. The standard InChI is InChI=1S/C97H85N7O16/c1-3-37-101(62-19-7-5-8-20-62)96(111)78(40-57-27-32-64(105)33-28-57)103-92(107)74-45-80(117-66-23-11-15-56(39-66)31-36-70-52-113-70)86-87-81(118-67-24-12-16-59(42-67)98-49-71-53-114-71)46-76-85-77(95(110)104(94(76)109)79(41-58-29-34-65(106)35-30-58)97(112)102(38-4-2)63-21-9-6-10-22-63)48-83(120-69-26-14-18-61(44-69)100-51-73-55-116-73)89(91(85)87)88-82(47-75(93(103)108)84(74)90(86)88)119-68-25-13-17-60(43-68)99-50-72-54-115-72/h5-30,32-35,39,42-48,70-73,78-79,98-100,105-106H,3-4,31,36-38,40-41,49-55H2,1-2H3. The van der Waals surface area contributed by atoms with Gasteiger partial charge < -0.3 is 73.9 Å². The molecule has 6 atom stereocenters. The third-order valence-electron chi connectivity index (χ3n) is 22.7. The molecule has 0 bridgehead atoms. The Balaban J connectivity index is 0.930. The van der Waals surface area contributed by atoms with Gasteiger partial charge >= 0.3 is 0 Å². The zero-order valence-corrected chi connectivity index (χ0v) is 65.9. The van der Waals surface area contributed by atoms with Crippen molar-refractivity contribution in [2.45, 2.75) is 88.9 Å². The second-order valence-electron chi connectivity index (χ2n) is 31.2. The molecule has 6 heterocycles. The Labute approximate surface area is 690 Å². The summed E-state index contributed by atoms with van der Waals surface area (Å²) in [5, 5.41) is 33.5. The number of imide groups is 2. The Morgan fingerprint density at radius 1 is 0.383 bits per heavy atom. The van der Waals surface area contributed by atoms with Crippen molar-refractivity contribution in [1.29, 1.82) is 0 Å². The molecule has 0 aromatic heterocycles. The van der Waals surface area contributed by atoms with Gasteiger partial charge in [0, 0.05) is 135 Å². The minimum absolute atomic E-state index is 0.0113. The number of hydrogen-bond donors (Lipinski definition) is 5. The number of carbonyl (C=O) groups excluding carboxylic acids is 6. The molecule has 23 nitrogen and oxygen atoms in total. The highest BCUT2D eigenvalue weighted by Gasteiger charge is 2.48. The van der Waals surface area contributed by atoms with E-state index in [0.29, 0.717) is 111 Å². The minimum Gasteiger partial charge on any atom is -0.508 e. The maximum atomic E-state index is 17.1. The molecule has 0 spiro atoms. The number of benzene rings is 13. The molecule has 4 saturated heterocycles. The van der Waals surface area contributed by atoms with Gasteiger partial charge in [0.15, 0.2) is 0 Å². The molecule has 4 fully saturated rings. The van der Waals surface area contributed by atoms with Crippen LogP contribution < -0.4 is 44.7 Å². The van der Waals surface area contributed by atoms with Crippen LogP contribution in [0, 0.1) is 0 Å². The lowest BCUT2D eigenvalue weighted by Crippen LogP contribution is -2.56. The first kappa shape index (κ1) is 76.4. The van der Waals surface area contributed by atoms with E-state index in [0.717, 1.165) is 21.8 Å². The summed E-state index contributed by atoms with van der Waals surface area (Å²) >= 11 is 0. The Bertz CT molecular complexity index is 5550. The van der Waals surface area contributed by atoms with Crippen LogP contribution in [0.2, 0.25) is 0 Å². The smallest absolute Gasteiger partial charge is 0.262 e. The molecule has 5 N–H and O–H groups in total. The number of rotatable bonds is 34. The number of nitrogens with one attached hydrogen (secondary N) is 3. The van der Waals surface area contributed by atoms with E-state index in [2.05, 4.69) is 16.0 Å². The van der Waals surface area contributed by atoms with Crippen LogP contribution in [-0.4, -0.2) is 151 Å². The van der Waals surface area contributed by atoms with Gasteiger partial charge in [-0.15, -0.1) is 0 Å². The number of aryl methyl sites for hydroxylation is 1. The number of ether oxygens (including phenoxy) is 8. The summed E-state index contributed by atoms with van der Waals surface area (Å²) in [6.45, 7) is 8.19. The van der Waals surface area contributed by atoms with Gasteiger partial charge in [-0.2, -0.15) is 0 Å². The number of phenolic OH excluding ortho intramolecular Hbond substituents is 2. The summed E-state index contributed by atoms with van der Waals surface area (Å²) in [4.78, 5) is 106. The van der Waals surface area contributed by atoms with Crippen LogP contribution in [0.5, 0.6) is 57.5 Å². The summed E-state index contributed by atoms with van der Waals surface area (Å²) in [6.07, 6.45) is 2.06. The predicted octanol–water partition coefficient (Wildman–Crippen LogP) is 17.4. The highest BCUT2D eigenvalue weighted by atomic mass is 16.6. The van der Waals surface area contributed by atoms with Gasteiger partial charge in [-0.25, -0.2) is 0 Å². The number of amides is 6. The normalized spacial score (nSPS) is 17.3. The van der Waals surface area contributed by atoms with Crippen molar-refractivity contribution < 1.29 is 76.9 Å². The average molecular weight is 1600 g/mol. The lowest BCUT2D eigenvalue weighted by atomic mass is 9.80. The van der Waals surface area contributed by atoms with E-state index >= 15 is 28.8 Å². The number of aromatic hydroxyl groups is 2. The number of hydrogen-bond acceptors (Lipinski definition) is 19. The van der Waals surface area contributed by atoms with Crippen LogP contribution in [0.15, 0.2) is 231 Å². The number of nitrogens with zero attached hydrogens (tertiary/aromatic N) is 4. The van der Waals surface area contributed by atoms with Crippen molar-refractivity contribution >= 4 is 107 Å². The number of fused-ring (bicyclic) bond motifs is 2. The topological polar surface area (TPSA) is 279 Å². The Hall–Kier alpha value is -13.6. The molecule has 0 saturated carbocycles. The van der Waals surface area contributed by atoms with Crippen molar-refractivity contribution in [3.05, 3.63) is 269 Å². The van der Waals surface area contributed by atoms with Gasteiger partial charge in [-0.3, -0.25) is 38.6 Å². The molecular formula is C97H85N7O16. The maximum absolute atomic E-state index is 17.1. The molecule has 6 unspecified atom stereocenters. The van der Waals surface area contributed by atoms with Crippen LogP contribution in [0.25, 0.3) is 43.1 Å². The Morgan fingerprint density at radius 2 is 0.708 bits per heavy atom. The quantitative estimate of drug-likeness (QED) is 0.0108. The molecule has 6 aliphatic rings. The first-order chi connectivity index (χ1) is 58.6. The summed E-state index contributed by atoms with van der Waals surface area (Å²) < 4.78 is 52.7.